The molecule has 2 unspecified atom stereocenters. The summed E-state index contributed by atoms with van der Waals surface area (Å²) in [6, 6.07) is 4.30. The molecule has 5 rings (SSSR count). The SMILES string of the molecule is Cc1cc(-c2cc(C3CC3c3cnn(C)c3)nn2C)nc2c1nc(C)n2C. The van der Waals surface area contributed by atoms with Gasteiger partial charge in [-0.2, -0.15) is 10.2 Å². The smallest absolute Gasteiger partial charge is 0.160 e. The van der Waals surface area contributed by atoms with Crippen LogP contribution >= 0.6 is 0 Å². The molecule has 0 amide bonds. The molecule has 138 valence electrons. The summed E-state index contributed by atoms with van der Waals surface area (Å²) in [5.41, 5.74) is 7.47. The van der Waals surface area contributed by atoms with Gasteiger partial charge >= 0.3 is 0 Å². The van der Waals surface area contributed by atoms with Crippen molar-refractivity contribution in [2.24, 2.45) is 21.1 Å². The highest BCUT2D eigenvalue weighted by molar-refractivity contribution is 5.79. The fourth-order valence-corrected chi connectivity index (χ4v) is 3.97. The minimum atomic E-state index is 0.470. The van der Waals surface area contributed by atoms with Crippen molar-refractivity contribution in [3.8, 4) is 11.4 Å². The molecule has 4 heterocycles. The normalized spacial score (nSPS) is 19.1. The zero-order valence-corrected chi connectivity index (χ0v) is 16.3. The monoisotopic (exact) mass is 361 g/mol. The van der Waals surface area contributed by atoms with Crippen molar-refractivity contribution in [2.45, 2.75) is 32.1 Å². The summed E-state index contributed by atoms with van der Waals surface area (Å²) >= 11 is 0. The molecule has 0 saturated heterocycles. The summed E-state index contributed by atoms with van der Waals surface area (Å²) in [4.78, 5) is 9.52. The van der Waals surface area contributed by atoms with Crippen LogP contribution in [0.25, 0.3) is 22.6 Å². The van der Waals surface area contributed by atoms with E-state index in [-0.39, 0.29) is 0 Å². The number of hydrogen-bond acceptors (Lipinski definition) is 4. The lowest BCUT2D eigenvalue weighted by Gasteiger charge is -2.04. The van der Waals surface area contributed by atoms with Crippen LogP contribution in [-0.2, 0) is 21.1 Å². The number of aryl methyl sites for hydroxylation is 5. The average Bonchev–Trinajstić information content (AvgIpc) is 3.01. The van der Waals surface area contributed by atoms with Gasteiger partial charge in [0.05, 0.1) is 23.3 Å². The largest absolute Gasteiger partial charge is 0.316 e. The van der Waals surface area contributed by atoms with Crippen LogP contribution in [0.4, 0.5) is 0 Å². The van der Waals surface area contributed by atoms with Crippen molar-refractivity contribution >= 4 is 11.2 Å². The Kier molecular flexibility index (Phi) is 3.32. The van der Waals surface area contributed by atoms with Gasteiger partial charge in [-0.05, 0) is 49.4 Å². The lowest BCUT2D eigenvalue weighted by atomic mass is 10.1. The molecule has 0 N–H and O–H groups in total. The van der Waals surface area contributed by atoms with E-state index in [1.54, 1.807) is 0 Å². The predicted molar refractivity (Wildman–Crippen MR) is 103 cm³/mol. The Morgan fingerprint density at radius 1 is 1.04 bits per heavy atom. The van der Waals surface area contributed by atoms with Crippen LogP contribution in [0, 0.1) is 13.8 Å². The molecule has 0 aliphatic heterocycles. The first kappa shape index (κ1) is 16.2. The van der Waals surface area contributed by atoms with Gasteiger partial charge in [-0.25, -0.2) is 9.97 Å². The zero-order valence-electron chi connectivity index (χ0n) is 16.3. The molecule has 1 saturated carbocycles. The highest BCUT2D eigenvalue weighted by atomic mass is 15.3. The van der Waals surface area contributed by atoms with Gasteiger partial charge in [-0.1, -0.05) is 0 Å². The topological polar surface area (TPSA) is 66.3 Å². The van der Waals surface area contributed by atoms with Gasteiger partial charge in [0.2, 0.25) is 0 Å². The molecule has 2 atom stereocenters. The van der Waals surface area contributed by atoms with E-state index in [2.05, 4.69) is 35.3 Å². The molecule has 1 aliphatic carbocycles. The van der Waals surface area contributed by atoms with Crippen molar-refractivity contribution in [3.05, 3.63) is 47.2 Å². The van der Waals surface area contributed by atoms with Gasteiger partial charge < -0.3 is 4.57 Å². The Balaban J connectivity index is 1.52. The second-order valence-electron chi connectivity index (χ2n) is 7.69. The third kappa shape index (κ3) is 2.49. The van der Waals surface area contributed by atoms with Gasteiger partial charge in [0.1, 0.15) is 11.3 Å². The quantitative estimate of drug-likeness (QED) is 0.563. The fourth-order valence-electron chi connectivity index (χ4n) is 3.97. The summed E-state index contributed by atoms with van der Waals surface area (Å²) in [6.07, 6.45) is 5.21. The second kappa shape index (κ2) is 5.52. The predicted octanol–water partition coefficient (Wildman–Crippen LogP) is 2.99. The first-order valence-corrected chi connectivity index (χ1v) is 9.26. The Bertz CT molecular complexity index is 1180. The van der Waals surface area contributed by atoms with Crippen LogP contribution in [0.2, 0.25) is 0 Å². The molecule has 27 heavy (non-hydrogen) atoms. The van der Waals surface area contributed by atoms with E-state index < -0.39 is 0 Å². The zero-order chi connectivity index (χ0) is 18.9. The summed E-state index contributed by atoms with van der Waals surface area (Å²) in [7, 11) is 5.97. The summed E-state index contributed by atoms with van der Waals surface area (Å²) in [6.45, 7) is 4.10. The molecule has 1 aliphatic rings. The Hall–Kier alpha value is -2.96. The minimum Gasteiger partial charge on any atom is -0.316 e. The lowest BCUT2D eigenvalue weighted by molar-refractivity contribution is 0.745. The number of aromatic nitrogens is 7. The maximum atomic E-state index is 4.89. The number of hydrogen-bond donors (Lipinski definition) is 0. The lowest BCUT2D eigenvalue weighted by Crippen LogP contribution is -1.98. The van der Waals surface area contributed by atoms with E-state index in [9.17, 15) is 0 Å². The van der Waals surface area contributed by atoms with Crippen molar-refractivity contribution in [3.63, 3.8) is 0 Å². The molecule has 4 aromatic rings. The maximum Gasteiger partial charge on any atom is 0.160 e. The summed E-state index contributed by atoms with van der Waals surface area (Å²) in [5, 5.41) is 9.09. The summed E-state index contributed by atoms with van der Waals surface area (Å²) < 4.78 is 5.86. The third-order valence-electron chi connectivity index (χ3n) is 5.73. The molecule has 0 aromatic carbocycles. The number of fused-ring (bicyclic) bond motifs is 1. The Morgan fingerprint density at radius 3 is 2.59 bits per heavy atom. The van der Waals surface area contributed by atoms with Crippen molar-refractivity contribution in [2.75, 3.05) is 0 Å². The number of nitrogens with zero attached hydrogens (tertiary/aromatic N) is 7. The van der Waals surface area contributed by atoms with E-state index in [1.807, 2.05) is 48.2 Å². The standard InChI is InChI=1S/C20H23N7/c1-11-6-17(23-20-19(11)22-12(2)26(20)4)18-8-16(24-27(18)5)15-7-14(15)13-9-21-25(3)10-13/h6,8-10,14-15H,7H2,1-5H3. The molecule has 0 radical (unpaired) electrons. The third-order valence-corrected chi connectivity index (χ3v) is 5.73. The molecule has 7 nitrogen and oxygen atoms in total. The minimum absolute atomic E-state index is 0.470. The van der Waals surface area contributed by atoms with Crippen LogP contribution in [-0.4, -0.2) is 34.1 Å². The first-order valence-electron chi connectivity index (χ1n) is 9.26. The van der Waals surface area contributed by atoms with Crippen LogP contribution in [0.5, 0.6) is 0 Å². The number of imidazole rings is 1. The van der Waals surface area contributed by atoms with Crippen molar-refractivity contribution in [1.82, 2.24) is 34.1 Å². The van der Waals surface area contributed by atoms with Crippen molar-refractivity contribution in [1.29, 1.82) is 0 Å². The highest BCUT2D eigenvalue weighted by Crippen LogP contribution is 2.54. The van der Waals surface area contributed by atoms with E-state index in [4.69, 9.17) is 10.1 Å². The second-order valence-corrected chi connectivity index (χ2v) is 7.69. The van der Waals surface area contributed by atoms with Crippen molar-refractivity contribution < 1.29 is 0 Å². The molecule has 4 aromatic heterocycles. The van der Waals surface area contributed by atoms with E-state index in [0.717, 1.165) is 46.1 Å². The highest BCUT2D eigenvalue weighted by Gasteiger charge is 2.42. The molecule has 1 fully saturated rings. The van der Waals surface area contributed by atoms with Gasteiger partial charge in [-0.15, -0.1) is 0 Å². The first-order chi connectivity index (χ1) is 12.9. The number of pyridine rings is 1. The fraction of sp³-hybridized carbons (Fsp3) is 0.400. The van der Waals surface area contributed by atoms with E-state index in [0.29, 0.717) is 11.8 Å². The van der Waals surface area contributed by atoms with E-state index >= 15 is 0 Å². The van der Waals surface area contributed by atoms with Gasteiger partial charge in [0.15, 0.2) is 5.65 Å². The molecule has 0 spiro atoms. The van der Waals surface area contributed by atoms with Crippen LogP contribution in [0.15, 0.2) is 24.5 Å². The Labute approximate surface area is 157 Å². The molecule has 0 bridgehead atoms. The average molecular weight is 361 g/mol. The van der Waals surface area contributed by atoms with Gasteiger partial charge in [0.25, 0.3) is 0 Å². The Morgan fingerprint density at radius 2 is 1.85 bits per heavy atom. The maximum absolute atomic E-state index is 4.89. The van der Waals surface area contributed by atoms with Gasteiger partial charge in [-0.3, -0.25) is 9.36 Å². The number of rotatable bonds is 3. The van der Waals surface area contributed by atoms with Gasteiger partial charge in [0, 0.05) is 33.3 Å². The molecule has 7 heteroatoms. The summed E-state index contributed by atoms with van der Waals surface area (Å²) in [5.74, 6) is 1.97. The van der Waals surface area contributed by atoms with Crippen LogP contribution in [0.3, 0.4) is 0 Å². The van der Waals surface area contributed by atoms with Crippen LogP contribution < -0.4 is 0 Å². The molecular formula is C20H23N7. The van der Waals surface area contributed by atoms with Crippen LogP contribution in [0.1, 0.15) is 40.9 Å². The molecular weight excluding hydrogens is 338 g/mol. The van der Waals surface area contributed by atoms with E-state index in [1.165, 1.54) is 5.56 Å².